The molecule has 1 aliphatic rings. The highest BCUT2D eigenvalue weighted by atomic mass is 32.1. The third kappa shape index (κ3) is 3.46. The highest BCUT2D eigenvalue weighted by Gasteiger charge is 2.33. The highest BCUT2D eigenvalue weighted by molar-refractivity contribution is 7.15. The van der Waals surface area contributed by atoms with Gasteiger partial charge >= 0.3 is 0 Å². The second-order valence-electron chi connectivity index (χ2n) is 6.24. The van der Waals surface area contributed by atoms with Crippen molar-refractivity contribution in [3.05, 3.63) is 34.8 Å². The van der Waals surface area contributed by atoms with Crippen molar-refractivity contribution < 1.29 is 9.59 Å². The number of carbonyl (C=O) groups is 2. The maximum atomic E-state index is 12.6. The lowest BCUT2D eigenvalue weighted by atomic mass is 10.1. The van der Waals surface area contributed by atoms with Crippen LogP contribution in [0.2, 0.25) is 0 Å². The van der Waals surface area contributed by atoms with Gasteiger partial charge in [0.15, 0.2) is 0 Å². The zero-order valence-corrected chi connectivity index (χ0v) is 14.8. The molecule has 1 N–H and O–H groups in total. The van der Waals surface area contributed by atoms with E-state index in [4.69, 9.17) is 0 Å². The Morgan fingerprint density at radius 3 is 2.58 bits per heavy atom. The van der Waals surface area contributed by atoms with E-state index in [1.807, 2.05) is 19.9 Å². The first-order chi connectivity index (χ1) is 11.5. The lowest BCUT2D eigenvalue weighted by molar-refractivity contribution is -0.119. The number of anilines is 2. The van der Waals surface area contributed by atoms with Crippen molar-refractivity contribution in [2.24, 2.45) is 5.92 Å². The van der Waals surface area contributed by atoms with Crippen LogP contribution in [0.25, 0.3) is 0 Å². The predicted molar refractivity (Wildman–Crippen MR) is 94.5 cm³/mol. The molecule has 1 fully saturated rings. The second-order valence-corrected chi connectivity index (χ2v) is 7.25. The van der Waals surface area contributed by atoms with Crippen LogP contribution >= 0.6 is 11.3 Å². The van der Waals surface area contributed by atoms with Gasteiger partial charge in [0, 0.05) is 18.9 Å². The number of nitrogens with one attached hydrogen (secondary N) is 1. The first-order valence-corrected chi connectivity index (χ1v) is 8.80. The summed E-state index contributed by atoms with van der Waals surface area (Å²) in [5.74, 6) is 0.145. The summed E-state index contributed by atoms with van der Waals surface area (Å²) in [4.78, 5) is 26.5. The predicted octanol–water partition coefficient (Wildman–Crippen LogP) is 3.29. The lowest BCUT2D eigenvalue weighted by Crippen LogP contribution is -2.29. The van der Waals surface area contributed by atoms with Crippen LogP contribution in [0.5, 0.6) is 0 Å². The molecule has 24 heavy (non-hydrogen) atoms. The molecular weight excluding hydrogens is 324 g/mol. The minimum atomic E-state index is -0.285. The monoisotopic (exact) mass is 344 g/mol. The van der Waals surface area contributed by atoms with E-state index in [0.29, 0.717) is 16.4 Å². The molecule has 1 saturated carbocycles. The van der Waals surface area contributed by atoms with Gasteiger partial charge in [0.25, 0.3) is 5.91 Å². The summed E-state index contributed by atoms with van der Waals surface area (Å²) in [6, 6.07) is 7.11. The molecule has 0 saturated heterocycles. The summed E-state index contributed by atoms with van der Waals surface area (Å²) in [6.07, 6.45) is 1.86. The molecule has 0 bridgehead atoms. The minimum absolute atomic E-state index is 0.0632. The van der Waals surface area contributed by atoms with Gasteiger partial charge in [-0.25, -0.2) is 0 Å². The topological polar surface area (TPSA) is 75.2 Å². The largest absolute Gasteiger partial charge is 0.314 e. The number of carbonyl (C=O) groups excluding carboxylic acids is 2. The molecule has 7 heteroatoms. The molecule has 1 aromatic heterocycles. The molecule has 0 unspecified atom stereocenters. The van der Waals surface area contributed by atoms with Gasteiger partial charge in [0.05, 0.1) is 11.3 Å². The van der Waals surface area contributed by atoms with E-state index < -0.39 is 0 Å². The Hall–Kier alpha value is -2.28. The van der Waals surface area contributed by atoms with Crippen molar-refractivity contribution in [2.75, 3.05) is 17.3 Å². The van der Waals surface area contributed by atoms with Crippen LogP contribution in [0.1, 0.15) is 48.0 Å². The van der Waals surface area contributed by atoms with Crippen LogP contribution in [-0.2, 0) is 4.79 Å². The van der Waals surface area contributed by atoms with E-state index in [0.717, 1.165) is 17.8 Å². The van der Waals surface area contributed by atoms with Crippen LogP contribution in [0, 0.1) is 5.92 Å². The third-order valence-electron chi connectivity index (χ3n) is 3.92. The van der Waals surface area contributed by atoms with Gasteiger partial charge in [-0.05, 0) is 25.0 Å². The number of hydrogen-bond donors (Lipinski definition) is 1. The molecule has 3 rings (SSSR count). The van der Waals surface area contributed by atoms with Crippen molar-refractivity contribution >= 4 is 34.0 Å². The summed E-state index contributed by atoms with van der Waals surface area (Å²) in [7, 11) is 1.72. The van der Waals surface area contributed by atoms with Crippen LogP contribution in [0.3, 0.4) is 0 Å². The lowest BCUT2D eigenvalue weighted by Gasteiger charge is -2.20. The maximum absolute atomic E-state index is 12.6. The molecule has 0 atom stereocenters. The number of nitrogens with zero attached hydrogens (tertiary/aromatic N) is 3. The maximum Gasteiger partial charge on any atom is 0.259 e. The zero-order chi connectivity index (χ0) is 17.3. The zero-order valence-electron chi connectivity index (χ0n) is 13.9. The number of amides is 2. The number of para-hydroxylation sites is 1. The van der Waals surface area contributed by atoms with Crippen LogP contribution in [-0.4, -0.2) is 29.1 Å². The molecule has 0 aliphatic heterocycles. The second kappa shape index (κ2) is 6.68. The minimum Gasteiger partial charge on any atom is -0.314 e. The standard InChI is InChI=1S/C17H20N4O2S/c1-10(2)15-19-20-17(24-15)18-14(22)12-6-4-5-7-13(12)21(3)16(23)11-8-9-11/h4-7,10-11H,8-9H2,1-3H3,(H,18,20,22). The molecule has 1 heterocycles. The first-order valence-electron chi connectivity index (χ1n) is 7.98. The summed E-state index contributed by atoms with van der Waals surface area (Å²) in [5, 5.41) is 12.2. The number of hydrogen-bond acceptors (Lipinski definition) is 5. The smallest absolute Gasteiger partial charge is 0.259 e. The van der Waals surface area contributed by atoms with E-state index in [-0.39, 0.29) is 23.7 Å². The molecule has 2 amide bonds. The SMILES string of the molecule is CC(C)c1nnc(NC(=O)c2ccccc2N(C)C(=O)C2CC2)s1. The normalized spacial score (nSPS) is 13.8. The number of rotatable bonds is 5. The molecule has 1 aromatic carbocycles. The average Bonchev–Trinajstić information content (AvgIpc) is 3.32. The Morgan fingerprint density at radius 1 is 1.25 bits per heavy atom. The van der Waals surface area contributed by atoms with Gasteiger partial charge in [-0.2, -0.15) is 0 Å². The highest BCUT2D eigenvalue weighted by Crippen LogP contribution is 2.33. The third-order valence-corrected chi connectivity index (χ3v) is 5.06. The molecule has 126 valence electrons. The number of aromatic nitrogens is 2. The van der Waals surface area contributed by atoms with E-state index in [2.05, 4.69) is 15.5 Å². The van der Waals surface area contributed by atoms with Crippen LogP contribution in [0.4, 0.5) is 10.8 Å². The fraction of sp³-hybridized carbons (Fsp3) is 0.412. The first kappa shape index (κ1) is 16.6. The van der Waals surface area contributed by atoms with E-state index >= 15 is 0 Å². The van der Waals surface area contributed by atoms with E-state index in [9.17, 15) is 9.59 Å². The van der Waals surface area contributed by atoms with Crippen LogP contribution in [0.15, 0.2) is 24.3 Å². The van der Waals surface area contributed by atoms with Gasteiger partial charge in [0.1, 0.15) is 5.01 Å². The van der Waals surface area contributed by atoms with Crippen molar-refractivity contribution in [3.8, 4) is 0 Å². The van der Waals surface area contributed by atoms with Gasteiger partial charge in [-0.3, -0.25) is 14.9 Å². The summed E-state index contributed by atoms with van der Waals surface area (Å²) in [5.41, 5.74) is 1.07. The van der Waals surface area contributed by atoms with Gasteiger partial charge in [0.2, 0.25) is 11.0 Å². The van der Waals surface area contributed by atoms with Crippen molar-refractivity contribution in [1.82, 2.24) is 10.2 Å². The van der Waals surface area contributed by atoms with Crippen molar-refractivity contribution in [3.63, 3.8) is 0 Å². The molecule has 1 aliphatic carbocycles. The number of benzene rings is 1. The summed E-state index contributed by atoms with van der Waals surface area (Å²) < 4.78 is 0. The Morgan fingerprint density at radius 2 is 1.96 bits per heavy atom. The Balaban J connectivity index is 1.80. The van der Waals surface area contributed by atoms with Crippen molar-refractivity contribution in [1.29, 1.82) is 0 Å². The fourth-order valence-electron chi connectivity index (χ4n) is 2.36. The fourth-order valence-corrected chi connectivity index (χ4v) is 3.10. The Bertz CT molecular complexity index is 767. The van der Waals surface area contributed by atoms with E-state index in [1.54, 1.807) is 30.1 Å². The van der Waals surface area contributed by atoms with Gasteiger partial charge in [-0.15, -0.1) is 10.2 Å². The van der Waals surface area contributed by atoms with Crippen LogP contribution < -0.4 is 10.2 Å². The average molecular weight is 344 g/mol. The van der Waals surface area contributed by atoms with Gasteiger partial charge < -0.3 is 4.90 Å². The molecule has 0 spiro atoms. The molecular formula is C17H20N4O2S. The molecule has 2 aromatic rings. The Labute approximate surface area is 144 Å². The summed E-state index contributed by atoms with van der Waals surface area (Å²) >= 11 is 1.36. The van der Waals surface area contributed by atoms with Crippen molar-refractivity contribution in [2.45, 2.75) is 32.6 Å². The van der Waals surface area contributed by atoms with Gasteiger partial charge in [-0.1, -0.05) is 37.3 Å². The quantitative estimate of drug-likeness (QED) is 0.903. The Kier molecular flexibility index (Phi) is 4.62. The molecule has 0 radical (unpaired) electrons. The molecule has 6 nitrogen and oxygen atoms in total. The van der Waals surface area contributed by atoms with E-state index in [1.165, 1.54) is 11.3 Å². The summed E-state index contributed by atoms with van der Waals surface area (Å²) in [6.45, 7) is 4.06.